The number of nitrogens with zero attached hydrogens (tertiary/aromatic N) is 1. The molecule has 0 aromatic carbocycles. The Bertz CT molecular complexity index is 339. The second-order valence-electron chi connectivity index (χ2n) is 2.12. The molecule has 1 heterocycles. The first kappa shape index (κ1) is 10.9. The zero-order valence-electron chi connectivity index (χ0n) is 5.86. The van der Waals surface area contributed by atoms with Gasteiger partial charge in [0.2, 0.25) is 0 Å². The standard InChI is InChI=1S/C6H2Cl2F3NS/c7-4-3(6(9,10)11)2(13)1-12-5(4)8/h1,13H. The highest BCUT2D eigenvalue weighted by atomic mass is 35.5. The van der Waals surface area contributed by atoms with Crippen LogP contribution in [0.1, 0.15) is 5.56 Å². The lowest BCUT2D eigenvalue weighted by Gasteiger charge is -2.11. The van der Waals surface area contributed by atoms with Gasteiger partial charge in [0, 0.05) is 11.1 Å². The summed E-state index contributed by atoms with van der Waals surface area (Å²) < 4.78 is 36.8. The molecule has 0 saturated carbocycles. The first-order valence-electron chi connectivity index (χ1n) is 2.94. The molecule has 0 radical (unpaired) electrons. The quantitative estimate of drug-likeness (QED) is 0.545. The summed E-state index contributed by atoms with van der Waals surface area (Å²) in [6.07, 6.45) is -3.67. The van der Waals surface area contributed by atoms with Gasteiger partial charge >= 0.3 is 6.18 Å². The summed E-state index contributed by atoms with van der Waals surface area (Å²) in [6.45, 7) is 0. The second kappa shape index (κ2) is 3.55. The molecule has 0 aliphatic rings. The Morgan fingerprint density at radius 2 is 1.85 bits per heavy atom. The summed E-state index contributed by atoms with van der Waals surface area (Å²) in [6, 6.07) is 0. The molecule has 0 unspecified atom stereocenters. The molecule has 1 nitrogen and oxygen atoms in total. The van der Waals surface area contributed by atoms with Crippen molar-refractivity contribution >= 4 is 35.8 Å². The van der Waals surface area contributed by atoms with Crippen molar-refractivity contribution in [1.29, 1.82) is 0 Å². The van der Waals surface area contributed by atoms with Crippen molar-refractivity contribution in [2.24, 2.45) is 0 Å². The largest absolute Gasteiger partial charge is 0.419 e. The average molecular weight is 248 g/mol. The molecule has 0 amide bonds. The third-order valence-corrected chi connectivity index (χ3v) is 2.33. The van der Waals surface area contributed by atoms with Crippen LogP contribution in [0.3, 0.4) is 0 Å². The minimum absolute atomic E-state index is 0.345. The summed E-state index contributed by atoms with van der Waals surface area (Å²) in [7, 11) is 0. The number of alkyl halides is 3. The van der Waals surface area contributed by atoms with Crippen molar-refractivity contribution in [3.63, 3.8) is 0 Å². The maximum Gasteiger partial charge on any atom is 0.419 e. The van der Waals surface area contributed by atoms with Gasteiger partial charge in [0.05, 0.1) is 10.6 Å². The topological polar surface area (TPSA) is 12.9 Å². The Labute approximate surface area is 87.3 Å². The van der Waals surface area contributed by atoms with Gasteiger partial charge in [-0.3, -0.25) is 0 Å². The normalized spacial score (nSPS) is 11.8. The summed E-state index contributed by atoms with van der Waals surface area (Å²) in [5.41, 5.74) is -1.06. The molecular weight excluding hydrogens is 246 g/mol. The van der Waals surface area contributed by atoms with E-state index in [1.165, 1.54) is 0 Å². The van der Waals surface area contributed by atoms with E-state index in [0.717, 1.165) is 6.20 Å². The van der Waals surface area contributed by atoms with Crippen molar-refractivity contribution in [3.05, 3.63) is 21.9 Å². The molecule has 1 rings (SSSR count). The van der Waals surface area contributed by atoms with Crippen LogP contribution in [0.5, 0.6) is 0 Å². The van der Waals surface area contributed by atoms with Gasteiger partial charge < -0.3 is 0 Å². The average Bonchev–Trinajstić information content (AvgIpc) is 1.95. The van der Waals surface area contributed by atoms with E-state index < -0.39 is 16.8 Å². The Hall–Kier alpha value is -0.130. The monoisotopic (exact) mass is 247 g/mol. The number of thiol groups is 1. The van der Waals surface area contributed by atoms with Crippen molar-refractivity contribution < 1.29 is 13.2 Å². The summed E-state index contributed by atoms with van der Waals surface area (Å²) >= 11 is 14.2. The van der Waals surface area contributed by atoms with Crippen LogP contribution in [0.25, 0.3) is 0 Å². The molecule has 0 fully saturated rings. The minimum Gasteiger partial charge on any atom is -0.242 e. The van der Waals surface area contributed by atoms with Gasteiger partial charge in [-0.05, 0) is 0 Å². The number of halogens is 5. The van der Waals surface area contributed by atoms with Crippen LogP contribution >= 0.6 is 35.8 Å². The van der Waals surface area contributed by atoms with Crippen LogP contribution in [-0.4, -0.2) is 4.98 Å². The van der Waals surface area contributed by atoms with Gasteiger partial charge in [0.15, 0.2) is 0 Å². The summed E-state index contributed by atoms with van der Waals surface area (Å²) in [5, 5.41) is -1.01. The highest BCUT2D eigenvalue weighted by molar-refractivity contribution is 7.80. The number of aromatic nitrogens is 1. The molecule has 0 saturated heterocycles. The SMILES string of the molecule is FC(F)(F)c1c(S)cnc(Cl)c1Cl. The minimum atomic E-state index is -4.57. The lowest BCUT2D eigenvalue weighted by Crippen LogP contribution is -2.08. The number of hydrogen-bond donors (Lipinski definition) is 1. The molecule has 0 bridgehead atoms. The van der Waals surface area contributed by atoms with E-state index >= 15 is 0 Å². The molecule has 7 heteroatoms. The number of hydrogen-bond acceptors (Lipinski definition) is 2. The van der Waals surface area contributed by atoms with Crippen molar-refractivity contribution in [3.8, 4) is 0 Å². The van der Waals surface area contributed by atoms with E-state index in [-0.39, 0.29) is 10.0 Å². The van der Waals surface area contributed by atoms with E-state index in [4.69, 9.17) is 23.2 Å². The summed E-state index contributed by atoms with van der Waals surface area (Å²) in [5.74, 6) is 0. The van der Waals surface area contributed by atoms with E-state index in [9.17, 15) is 13.2 Å². The predicted molar refractivity (Wildman–Crippen MR) is 46.5 cm³/mol. The van der Waals surface area contributed by atoms with Crippen LogP contribution in [0.2, 0.25) is 10.2 Å². The number of pyridine rings is 1. The van der Waals surface area contributed by atoms with Crippen molar-refractivity contribution in [1.82, 2.24) is 4.98 Å². The smallest absolute Gasteiger partial charge is 0.242 e. The van der Waals surface area contributed by atoms with Gasteiger partial charge in [-0.1, -0.05) is 23.2 Å². The number of rotatable bonds is 0. The Balaban J connectivity index is 3.43. The molecule has 0 spiro atoms. The van der Waals surface area contributed by atoms with Crippen LogP contribution in [-0.2, 0) is 6.18 Å². The highest BCUT2D eigenvalue weighted by Gasteiger charge is 2.36. The van der Waals surface area contributed by atoms with Crippen LogP contribution in [0, 0.1) is 0 Å². The first-order chi connectivity index (χ1) is 5.84. The fraction of sp³-hybridized carbons (Fsp3) is 0.167. The molecule has 72 valence electrons. The molecule has 0 atom stereocenters. The summed E-state index contributed by atoms with van der Waals surface area (Å²) in [4.78, 5) is 3.06. The fourth-order valence-corrected chi connectivity index (χ4v) is 1.49. The van der Waals surface area contributed by atoms with Crippen molar-refractivity contribution in [2.45, 2.75) is 11.1 Å². The molecule has 0 N–H and O–H groups in total. The lowest BCUT2D eigenvalue weighted by atomic mass is 10.2. The van der Waals surface area contributed by atoms with E-state index in [0.29, 0.717) is 0 Å². The highest BCUT2D eigenvalue weighted by Crippen LogP contribution is 2.40. The fourth-order valence-electron chi connectivity index (χ4n) is 0.724. The Morgan fingerprint density at radius 1 is 1.31 bits per heavy atom. The van der Waals surface area contributed by atoms with Crippen molar-refractivity contribution in [2.75, 3.05) is 0 Å². The zero-order valence-corrected chi connectivity index (χ0v) is 8.27. The van der Waals surface area contributed by atoms with Gasteiger partial charge in [-0.2, -0.15) is 13.2 Å². The molecule has 1 aromatic heterocycles. The third-order valence-electron chi connectivity index (χ3n) is 1.24. The van der Waals surface area contributed by atoms with E-state index in [1.807, 2.05) is 0 Å². The van der Waals surface area contributed by atoms with Crippen LogP contribution in [0.15, 0.2) is 11.1 Å². The third kappa shape index (κ3) is 2.21. The molecule has 0 aliphatic heterocycles. The molecule has 0 aliphatic carbocycles. The first-order valence-corrected chi connectivity index (χ1v) is 4.14. The van der Waals surface area contributed by atoms with E-state index in [2.05, 4.69) is 17.6 Å². The molecule has 1 aromatic rings. The second-order valence-corrected chi connectivity index (χ2v) is 3.34. The van der Waals surface area contributed by atoms with Gasteiger partial charge in [-0.25, -0.2) is 4.98 Å². The maximum absolute atomic E-state index is 12.3. The Kier molecular flexibility index (Phi) is 2.99. The maximum atomic E-state index is 12.3. The predicted octanol–water partition coefficient (Wildman–Crippen LogP) is 3.70. The zero-order chi connectivity index (χ0) is 10.2. The van der Waals surface area contributed by atoms with Gasteiger partial charge in [-0.15, -0.1) is 12.6 Å². The lowest BCUT2D eigenvalue weighted by molar-refractivity contribution is -0.139. The Morgan fingerprint density at radius 3 is 2.23 bits per heavy atom. The molecule has 13 heavy (non-hydrogen) atoms. The molecular formula is C6H2Cl2F3NS. The van der Waals surface area contributed by atoms with Gasteiger partial charge in [0.1, 0.15) is 5.15 Å². The van der Waals surface area contributed by atoms with Crippen LogP contribution < -0.4 is 0 Å². The van der Waals surface area contributed by atoms with Crippen LogP contribution in [0.4, 0.5) is 13.2 Å². The van der Waals surface area contributed by atoms with Gasteiger partial charge in [0.25, 0.3) is 0 Å². The van der Waals surface area contributed by atoms with E-state index in [1.54, 1.807) is 0 Å².